The maximum absolute atomic E-state index is 13.5. The van der Waals surface area contributed by atoms with E-state index in [0.717, 1.165) is 6.07 Å². The summed E-state index contributed by atoms with van der Waals surface area (Å²) in [4.78, 5) is 11.0. The molecule has 88 valence electrons. The van der Waals surface area contributed by atoms with Gasteiger partial charge in [-0.15, -0.1) is 0 Å². The minimum Gasteiger partial charge on any atom is -0.488 e. The summed E-state index contributed by atoms with van der Waals surface area (Å²) in [7, 11) is 0. The summed E-state index contributed by atoms with van der Waals surface area (Å²) in [6.07, 6.45) is -0.235. The van der Waals surface area contributed by atoms with Crippen LogP contribution in [-0.4, -0.2) is 11.9 Å². The highest BCUT2D eigenvalue weighted by Crippen LogP contribution is 2.26. The molecule has 0 heterocycles. The average Bonchev–Trinajstić information content (AvgIpc) is 2.16. The number of carbonyl (C=O) groups excluding carboxylic acids is 1. The lowest BCUT2D eigenvalue weighted by Gasteiger charge is -2.14. The van der Waals surface area contributed by atoms with Gasteiger partial charge in [0, 0.05) is 12.0 Å². The van der Waals surface area contributed by atoms with Crippen LogP contribution in [0.5, 0.6) is 5.75 Å². The molecule has 0 aromatic heterocycles. The summed E-state index contributed by atoms with van der Waals surface area (Å²) in [5.41, 5.74) is 0.375. The molecule has 1 rings (SSSR count). The number of Topliss-reactive ketones (excluding diaryl/α,β-unsaturated/α-hetero) is 1. The molecule has 0 spiro atoms. The van der Waals surface area contributed by atoms with Crippen LogP contribution < -0.4 is 4.74 Å². The fourth-order valence-electron chi connectivity index (χ4n) is 1.34. The van der Waals surface area contributed by atoms with Gasteiger partial charge >= 0.3 is 0 Å². The topological polar surface area (TPSA) is 26.3 Å². The van der Waals surface area contributed by atoms with Crippen molar-refractivity contribution in [1.82, 2.24) is 0 Å². The first kappa shape index (κ1) is 12.6. The Morgan fingerprint density at radius 2 is 2.00 bits per heavy atom. The zero-order valence-corrected chi connectivity index (χ0v) is 9.51. The summed E-state index contributed by atoms with van der Waals surface area (Å²) in [6.45, 7) is 4.81. The predicted molar refractivity (Wildman–Crippen MR) is 56.5 cm³/mol. The Kier molecular flexibility index (Phi) is 3.99. The summed E-state index contributed by atoms with van der Waals surface area (Å²) in [5, 5.41) is 0. The number of hydrogen-bond acceptors (Lipinski definition) is 2. The first-order valence-electron chi connectivity index (χ1n) is 5.04. The lowest BCUT2D eigenvalue weighted by Crippen LogP contribution is -2.11. The van der Waals surface area contributed by atoms with Gasteiger partial charge in [-0.2, -0.15) is 4.39 Å². The Labute approximate surface area is 93.2 Å². The zero-order valence-electron chi connectivity index (χ0n) is 9.51. The van der Waals surface area contributed by atoms with E-state index >= 15 is 0 Å². The van der Waals surface area contributed by atoms with Crippen molar-refractivity contribution in [3.63, 3.8) is 0 Å². The van der Waals surface area contributed by atoms with Crippen molar-refractivity contribution < 1.29 is 18.3 Å². The van der Waals surface area contributed by atoms with E-state index in [9.17, 15) is 13.6 Å². The molecule has 1 aromatic rings. The highest BCUT2D eigenvalue weighted by molar-refractivity contribution is 5.79. The molecule has 0 aliphatic heterocycles. The molecular formula is C12H14F2O2. The van der Waals surface area contributed by atoms with Gasteiger partial charge in [-0.3, -0.25) is 4.79 Å². The molecule has 0 aliphatic carbocycles. The van der Waals surface area contributed by atoms with Gasteiger partial charge in [0.1, 0.15) is 5.78 Å². The van der Waals surface area contributed by atoms with Gasteiger partial charge in [-0.1, -0.05) is 6.07 Å². The quantitative estimate of drug-likeness (QED) is 0.792. The van der Waals surface area contributed by atoms with Crippen molar-refractivity contribution in [3.05, 3.63) is 29.3 Å². The lowest BCUT2D eigenvalue weighted by atomic mass is 10.1. The Morgan fingerprint density at radius 1 is 1.38 bits per heavy atom. The third kappa shape index (κ3) is 3.02. The third-order valence-electron chi connectivity index (χ3n) is 1.92. The summed E-state index contributed by atoms with van der Waals surface area (Å²) in [6, 6.07) is 2.37. The first-order valence-corrected chi connectivity index (χ1v) is 5.04. The molecule has 16 heavy (non-hydrogen) atoms. The second-order valence-electron chi connectivity index (χ2n) is 3.90. The molecular weight excluding hydrogens is 214 g/mol. The summed E-state index contributed by atoms with van der Waals surface area (Å²) in [5.74, 6) is -2.29. The molecule has 0 unspecified atom stereocenters. The van der Waals surface area contributed by atoms with Crippen LogP contribution in [0.2, 0.25) is 0 Å². The standard InChI is InChI=1S/C12H14F2O2/c1-7(2)16-12-9(6-8(3)15)4-5-10(13)11(12)14/h4-5,7H,6H2,1-3H3. The van der Waals surface area contributed by atoms with Crippen LogP contribution in [0.15, 0.2) is 12.1 Å². The Morgan fingerprint density at radius 3 is 2.50 bits per heavy atom. The minimum absolute atomic E-state index is 0.0409. The number of ether oxygens (including phenoxy) is 1. The van der Waals surface area contributed by atoms with E-state index in [1.165, 1.54) is 13.0 Å². The number of hydrogen-bond donors (Lipinski definition) is 0. The maximum Gasteiger partial charge on any atom is 0.200 e. The largest absolute Gasteiger partial charge is 0.488 e. The van der Waals surface area contributed by atoms with Crippen LogP contribution in [0, 0.1) is 11.6 Å². The first-order chi connectivity index (χ1) is 7.41. The fraction of sp³-hybridized carbons (Fsp3) is 0.417. The molecule has 0 bridgehead atoms. The van der Waals surface area contributed by atoms with Crippen molar-refractivity contribution in [2.75, 3.05) is 0 Å². The maximum atomic E-state index is 13.5. The van der Waals surface area contributed by atoms with Crippen LogP contribution in [0.4, 0.5) is 8.78 Å². The van der Waals surface area contributed by atoms with Crippen LogP contribution in [0.3, 0.4) is 0 Å². The molecule has 0 aliphatic rings. The molecule has 0 atom stereocenters. The van der Waals surface area contributed by atoms with Gasteiger partial charge < -0.3 is 4.74 Å². The van der Waals surface area contributed by atoms with Gasteiger partial charge in [-0.05, 0) is 26.8 Å². The normalized spacial score (nSPS) is 10.6. The van der Waals surface area contributed by atoms with Crippen molar-refractivity contribution in [1.29, 1.82) is 0 Å². The van der Waals surface area contributed by atoms with E-state index in [1.807, 2.05) is 0 Å². The van der Waals surface area contributed by atoms with Crippen molar-refractivity contribution in [2.45, 2.75) is 33.3 Å². The Hall–Kier alpha value is -1.45. The second-order valence-corrected chi connectivity index (χ2v) is 3.90. The van der Waals surface area contributed by atoms with Gasteiger partial charge in [0.15, 0.2) is 11.6 Å². The van der Waals surface area contributed by atoms with E-state index in [2.05, 4.69) is 0 Å². The van der Waals surface area contributed by atoms with Crippen LogP contribution >= 0.6 is 0 Å². The molecule has 4 heteroatoms. The Balaban J connectivity index is 3.15. The SMILES string of the molecule is CC(=O)Cc1ccc(F)c(F)c1OC(C)C. The van der Waals surface area contributed by atoms with Gasteiger partial charge in [-0.25, -0.2) is 4.39 Å². The van der Waals surface area contributed by atoms with Gasteiger partial charge in [0.2, 0.25) is 5.82 Å². The molecule has 2 nitrogen and oxygen atoms in total. The summed E-state index contributed by atoms with van der Waals surface area (Å²) >= 11 is 0. The molecule has 0 radical (unpaired) electrons. The van der Waals surface area contributed by atoms with Crippen LogP contribution in [0.1, 0.15) is 26.3 Å². The number of benzene rings is 1. The van der Waals surface area contributed by atoms with E-state index in [4.69, 9.17) is 4.74 Å². The second kappa shape index (κ2) is 5.05. The molecule has 1 aromatic carbocycles. The highest BCUT2D eigenvalue weighted by Gasteiger charge is 2.17. The molecule has 0 N–H and O–H groups in total. The molecule has 0 saturated heterocycles. The number of rotatable bonds is 4. The monoisotopic (exact) mass is 228 g/mol. The van der Waals surface area contributed by atoms with Crippen molar-refractivity contribution in [2.24, 2.45) is 0 Å². The number of carbonyl (C=O) groups is 1. The van der Waals surface area contributed by atoms with E-state index in [1.54, 1.807) is 13.8 Å². The highest BCUT2D eigenvalue weighted by atomic mass is 19.2. The van der Waals surface area contributed by atoms with Crippen molar-refractivity contribution >= 4 is 5.78 Å². The zero-order chi connectivity index (χ0) is 12.3. The van der Waals surface area contributed by atoms with E-state index < -0.39 is 11.6 Å². The smallest absolute Gasteiger partial charge is 0.200 e. The predicted octanol–water partition coefficient (Wildman–Crippen LogP) is 2.88. The van der Waals surface area contributed by atoms with Gasteiger partial charge in [0.25, 0.3) is 0 Å². The number of halogens is 2. The van der Waals surface area contributed by atoms with Gasteiger partial charge in [0.05, 0.1) is 6.10 Å². The molecule has 0 fully saturated rings. The van der Waals surface area contributed by atoms with Crippen molar-refractivity contribution in [3.8, 4) is 5.75 Å². The minimum atomic E-state index is -1.03. The summed E-state index contributed by atoms with van der Waals surface area (Å²) < 4.78 is 31.7. The van der Waals surface area contributed by atoms with E-state index in [-0.39, 0.29) is 24.1 Å². The molecule has 0 saturated carbocycles. The lowest BCUT2D eigenvalue weighted by molar-refractivity contribution is -0.116. The average molecular weight is 228 g/mol. The number of ketones is 1. The van der Waals surface area contributed by atoms with Crippen LogP contribution in [-0.2, 0) is 11.2 Å². The Bertz CT molecular complexity index is 400. The van der Waals surface area contributed by atoms with E-state index in [0.29, 0.717) is 5.56 Å². The van der Waals surface area contributed by atoms with Crippen LogP contribution in [0.25, 0.3) is 0 Å². The third-order valence-corrected chi connectivity index (χ3v) is 1.92. The molecule has 0 amide bonds. The fourth-order valence-corrected chi connectivity index (χ4v) is 1.34.